The second-order valence-electron chi connectivity index (χ2n) is 4.60. The first-order chi connectivity index (χ1) is 8.72. The van der Waals surface area contributed by atoms with Crippen LogP contribution in [0.15, 0.2) is 24.3 Å². The van der Waals surface area contributed by atoms with E-state index in [1.54, 1.807) is 12.1 Å². The molecule has 96 valence electrons. The maximum atomic E-state index is 12.5. The fraction of sp³-hybridized carbons (Fsp3) is 0.500. The summed E-state index contributed by atoms with van der Waals surface area (Å²) in [6, 6.07) is 8.07. The highest BCUT2D eigenvalue weighted by Gasteiger charge is 2.22. The molecule has 0 aromatic heterocycles. The maximum absolute atomic E-state index is 12.5. The first kappa shape index (κ1) is 13.0. The molecule has 1 aliphatic rings. The summed E-state index contributed by atoms with van der Waals surface area (Å²) in [6.45, 7) is 1.82. The minimum atomic E-state index is -2.45. The minimum absolute atomic E-state index is 0.00841. The Balaban J connectivity index is 2.14. The van der Waals surface area contributed by atoms with Crippen LogP contribution in [0, 0.1) is 11.3 Å². The van der Waals surface area contributed by atoms with E-state index in [4.69, 9.17) is 0 Å². The van der Waals surface area contributed by atoms with Crippen LogP contribution in [-0.4, -0.2) is 18.0 Å². The number of likely N-dealkylation sites (tertiary alicyclic amines) is 1. The number of hydrogen-bond acceptors (Lipinski definition) is 2. The van der Waals surface area contributed by atoms with Crippen molar-refractivity contribution < 1.29 is 8.78 Å². The van der Waals surface area contributed by atoms with E-state index in [9.17, 15) is 14.0 Å². The van der Waals surface area contributed by atoms with E-state index in [0.717, 1.165) is 31.5 Å². The van der Waals surface area contributed by atoms with Gasteiger partial charge < -0.3 is 0 Å². The Kier molecular flexibility index (Phi) is 4.27. The highest BCUT2D eigenvalue weighted by Crippen LogP contribution is 2.26. The van der Waals surface area contributed by atoms with Crippen molar-refractivity contribution in [3.8, 4) is 6.07 Å². The van der Waals surface area contributed by atoms with E-state index in [1.165, 1.54) is 18.6 Å². The van der Waals surface area contributed by atoms with Gasteiger partial charge in [-0.1, -0.05) is 30.7 Å². The van der Waals surface area contributed by atoms with Crippen LogP contribution in [0.25, 0.3) is 0 Å². The maximum Gasteiger partial charge on any atom is 0.263 e. The van der Waals surface area contributed by atoms with Gasteiger partial charge in [0, 0.05) is 5.56 Å². The molecule has 1 aliphatic heterocycles. The van der Waals surface area contributed by atoms with Crippen LogP contribution >= 0.6 is 0 Å². The third-order valence-corrected chi connectivity index (χ3v) is 3.38. The lowest BCUT2D eigenvalue weighted by atomic mass is 10.0. The lowest BCUT2D eigenvalue weighted by Gasteiger charge is -2.30. The summed E-state index contributed by atoms with van der Waals surface area (Å²) in [5.74, 6) is 0. The van der Waals surface area contributed by atoms with Crippen molar-refractivity contribution >= 4 is 0 Å². The molecule has 1 aromatic carbocycles. The van der Waals surface area contributed by atoms with Gasteiger partial charge in [0.1, 0.15) is 6.04 Å². The number of nitrogens with zero attached hydrogens (tertiary/aromatic N) is 2. The predicted octanol–water partition coefficient (Wildman–Crippen LogP) is 3.67. The topological polar surface area (TPSA) is 27.0 Å². The fourth-order valence-corrected chi connectivity index (χ4v) is 2.37. The number of rotatable bonds is 3. The van der Waals surface area contributed by atoms with Crippen LogP contribution in [0.1, 0.15) is 42.9 Å². The number of halogens is 2. The summed E-state index contributed by atoms with van der Waals surface area (Å²) in [5.41, 5.74) is 0.817. The summed E-state index contributed by atoms with van der Waals surface area (Å²) in [6.07, 6.45) is 0.967. The molecule has 1 fully saturated rings. The van der Waals surface area contributed by atoms with Gasteiger partial charge in [0.05, 0.1) is 6.07 Å². The van der Waals surface area contributed by atoms with Gasteiger partial charge in [-0.2, -0.15) is 5.26 Å². The van der Waals surface area contributed by atoms with Crippen molar-refractivity contribution in [3.05, 3.63) is 35.4 Å². The van der Waals surface area contributed by atoms with Crippen LogP contribution < -0.4 is 0 Å². The first-order valence-corrected chi connectivity index (χ1v) is 6.24. The van der Waals surface area contributed by atoms with Crippen LogP contribution in [0.3, 0.4) is 0 Å². The van der Waals surface area contributed by atoms with E-state index in [0.29, 0.717) is 0 Å². The molecular weight excluding hydrogens is 234 g/mol. The smallest absolute Gasteiger partial charge is 0.263 e. The normalized spacial score (nSPS) is 18.6. The van der Waals surface area contributed by atoms with Crippen molar-refractivity contribution in [3.63, 3.8) is 0 Å². The van der Waals surface area contributed by atoms with Gasteiger partial charge >= 0.3 is 0 Å². The molecule has 2 nitrogen and oxygen atoms in total. The molecular formula is C14H16F2N2. The lowest BCUT2D eigenvalue weighted by Crippen LogP contribution is -2.33. The van der Waals surface area contributed by atoms with Gasteiger partial charge in [-0.25, -0.2) is 8.78 Å². The zero-order chi connectivity index (χ0) is 13.0. The van der Waals surface area contributed by atoms with Crippen LogP contribution in [0.5, 0.6) is 0 Å². The summed E-state index contributed by atoms with van der Waals surface area (Å²) in [4.78, 5) is 2.13. The number of nitriles is 1. The standard InChI is InChI=1S/C14H16F2N2/c15-14(16)12-6-4-11(5-7-12)13(10-17)18-8-2-1-3-9-18/h4-7,13-14H,1-3,8-9H2. The Bertz CT molecular complexity index is 416. The van der Waals surface area contributed by atoms with Crippen LogP contribution in [0.2, 0.25) is 0 Å². The number of piperidine rings is 1. The first-order valence-electron chi connectivity index (χ1n) is 6.24. The molecule has 1 unspecified atom stereocenters. The summed E-state index contributed by atoms with van der Waals surface area (Å²) in [7, 11) is 0. The summed E-state index contributed by atoms with van der Waals surface area (Å²) < 4.78 is 24.9. The van der Waals surface area contributed by atoms with Gasteiger partial charge in [-0.3, -0.25) is 4.90 Å². The van der Waals surface area contributed by atoms with Crippen LogP contribution in [0.4, 0.5) is 8.78 Å². The van der Waals surface area contributed by atoms with Gasteiger partial charge in [0.2, 0.25) is 0 Å². The Morgan fingerprint density at radius 2 is 1.56 bits per heavy atom. The fourth-order valence-electron chi connectivity index (χ4n) is 2.37. The monoisotopic (exact) mass is 250 g/mol. The second kappa shape index (κ2) is 5.92. The molecule has 1 aromatic rings. The Labute approximate surface area is 106 Å². The molecule has 1 heterocycles. The molecule has 0 radical (unpaired) electrons. The quantitative estimate of drug-likeness (QED) is 0.818. The number of hydrogen-bond donors (Lipinski definition) is 0. The zero-order valence-electron chi connectivity index (χ0n) is 10.1. The molecule has 2 rings (SSSR count). The van der Waals surface area contributed by atoms with E-state index >= 15 is 0 Å². The summed E-state index contributed by atoms with van der Waals surface area (Å²) >= 11 is 0. The van der Waals surface area contributed by atoms with E-state index in [2.05, 4.69) is 11.0 Å². The molecule has 0 aliphatic carbocycles. The molecule has 0 amide bonds. The third-order valence-electron chi connectivity index (χ3n) is 3.38. The molecule has 1 saturated heterocycles. The number of alkyl halides is 2. The van der Waals surface area contributed by atoms with E-state index in [-0.39, 0.29) is 11.6 Å². The van der Waals surface area contributed by atoms with Crippen molar-refractivity contribution in [2.45, 2.75) is 31.7 Å². The van der Waals surface area contributed by atoms with Crippen molar-refractivity contribution in [1.82, 2.24) is 4.90 Å². The minimum Gasteiger partial charge on any atom is -0.284 e. The summed E-state index contributed by atoms with van der Waals surface area (Å²) in [5, 5.41) is 9.27. The van der Waals surface area contributed by atoms with Gasteiger partial charge in [0.15, 0.2) is 0 Å². The molecule has 18 heavy (non-hydrogen) atoms. The van der Waals surface area contributed by atoms with E-state index in [1.807, 2.05) is 0 Å². The van der Waals surface area contributed by atoms with Gasteiger partial charge in [-0.05, 0) is 31.5 Å². The molecule has 1 atom stereocenters. The zero-order valence-corrected chi connectivity index (χ0v) is 10.1. The predicted molar refractivity (Wildman–Crippen MR) is 65.2 cm³/mol. The number of benzene rings is 1. The van der Waals surface area contributed by atoms with E-state index < -0.39 is 6.43 Å². The molecule has 0 bridgehead atoms. The average molecular weight is 250 g/mol. The third kappa shape index (κ3) is 2.85. The van der Waals surface area contributed by atoms with Gasteiger partial charge in [0.25, 0.3) is 6.43 Å². The van der Waals surface area contributed by atoms with Crippen LogP contribution in [-0.2, 0) is 0 Å². The molecule has 4 heteroatoms. The Morgan fingerprint density at radius 1 is 1.00 bits per heavy atom. The van der Waals surface area contributed by atoms with Crippen molar-refractivity contribution in [2.75, 3.05) is 13.1 Å². The Morgan fingerprint density at radius 3 is 2.06 bits per heavy atom. The second-order valence-corrected chi connectivity index (χ2v) is 4.60. The Hall–Kier alpha value is -1.47. The molecule has 0 saturated carbocycles. The lowest BCUT2D eigenvalue weighted by molar-refractivity contribution is 0.151. The van der Waals surface area contributed by atoms with Crippen molar-refractivity contribution in [1.29, 1.82) is 5.26 Å². The highest BCUT2D eigenvalue weighted by molar-refractivity contribution is 5.29. The van der Waals surface area contributed by atoms with Crippen molar-refractivity contribution in [2.24, 2.45) is 0 Å². The van der Waals surface area contributed by atoms with Gasteiger partial charge in [-0.15, -0.1) is 0 Å². The molecule has 0 N–H and O–H groups in total. The SMILES string of the molecule is N#CC(c1ccc(C(F)F)cc1)N1CCCCC1. The highest BCUT2D eigenvalue weighted by atomic mass is 19.3. The average Bonchev–Trinajstić information content (AvgIpc) is 2.41. The largest absolute Gasteiger partial charge is 0.284 e. The molecule has 0 spiro atoms.